The van der Waals surface area contributed by atoms with E-state index < -0.39 is 0 Å². The lowest BCUT2D eigenvalue weighted by atomic mass is 9.98. The Morgan fingerprint density at radius 3 is 3.00 bits per heavy atom. The quantitative estimate of drug-likeness (QED) is 0.796. The molecule has 4 heteroatoms. The van der Waals surface area contributed by atoms with E-state index in [4.69, 9.17) is 9.47 Å². The Bertz CT molecular complexity index is 419. The number of likely N-dealkylation sites (N-methyl/N-ethyl adjacent to an activating group) is 2. The number of benzene rings is 1. The van der Waals surface area contributed by atoms with E-state index in [9.17, 15) is 0 Å². The van der Waals surface area contributed by atoms with Crippen LogP contribution in [0.25, 0.3) is 0 Å². The average molecular weight is 292 g/mol. The summed E-state index contributed by atoms with van der Waals surface area (Å²) < 4.78 is 10.8. The van der Waals surface area contributed by atoms with Gasteiger partial charge in [0.15, 0.2) is 0 Å². The molecule has 1 aromatic rings. The number of nitrogens with one attached hydrogen (secondary N) is 1. The van der Waals surface area contributed by atoms with Gasteiger partial charge >= 0.3 is 0 Å². The van der Waals surface area contributed by atoms with Crippen LogP contribution < -0.4 is 10.1 Å². The second kappa shape index (κ2) is 8.37. The summed E-state index contributed by atoms with van der Waals surface area (Å²) in [7, 11) is 3.89. The summed E-state index contributed by atoms with van der Waals surface area (Å²) in [6.07, 6.45) is 1.17. The Kier molecular flexibility index (Phi) is 6.49. The standard InChI is InChI=1S/C17H28N2O2/c1-4-18-17(15-8-9-21-13-15)12-19(2)11-14-6-5-7-16(10-14)20-3/h5-7,10,15,17-18H,4,8-9,11-13H2,1-3H3. The van der Waals surface area contributed by atoms with Crippen molar-refractivity contribution in [2.24, 2.45) is 5.92 Å². The van der Waals surface area contributed by atoms with Gasteiger partial charge in [0.25, 0.3) is 0 Å². The summed E-state index contributed by atoms with van der Waals surface area (Å²) in [6, 6.07) is 8.81. The minimum Gasteiger partial charge on any atom is -0.497 e. The molecule has 1 saturated heterocycles. The molecule has 1 heterocycles. The Morgan fingerprint density at radius 2 is 2.33 bits per heavy atom. The van der Waals surface area contributed by atoms with Crippen molar-refractivity contribution in [2.45, 2.75) is 25.9 Å². The first-order valence-corrected chi connectivity index (χ1v) is 7.85. The summed E-state index contributed by atoms with van der Waals surface area (Å²) in [6.45, 7) is 6.96. The van der Waals surface area contributed by atoms with E-state index in [1.807, 2.05) is 6.07 Å². The highest BCUT2D eigenvalue weighted by molar-refractivity contribution is 5.28. The molecule has 1 aromatic carbocycles. The first kappa shape index (κ1) is 16.3. The van der Waals surface area contributed by atoms with Crippen molar-refractivity contribution in [3.05, 3.63) is 29.8 Å². The molecule has 21 heavy (non-hydrogen) atoms. The molecule has 0 amide bonds. The zero-order chi connectivity index (χ0) is 15.1. The summed E-state index contributed by atoms with van der Waals surface area (Å²) >= 11 is 0. The van der Waals surface area contributed by atoms with Gasteiger partial charge in [0.1, 0.15) is 5.75 Å². The number of hydrogen-bond donors (Lipinski definition) is 1. The zero-order valence-corrected chi connectivity index (χ0v) is 13.5. The molecule has 0 spiro atoms. The normalized spacial score (nSPS) is 19.9. The van der Waals surface area contributed by atoms with E-state index in [2.05, 4.69) is 42.4 Å². The molecule has 0 radical (unpaired) electrons. The molecule has 2 unspecified atom stereocenters. The van der Waals surface area contributed by atoms with Crippen LogP contribution in [0.4, 0.5) is 0 Å². The van der Waals surface area contributed by atoms with Crippen LogP contribution in [0.5, 0.6) is 5.75 Å². The van der Waals surface area contributed by atoms with Crippen molar-refractivity contribution >= 4 is 0 Å². The lowest BCUT2D eigenvalue weighted by Crippen LogP contribution is -2.44. The van der Waals surface area contributed by atoms with Crippen LogP contribution in [-0.4, -0.2) is 51.4 Å². The maximum atomic E-state index is 5.54. The molecule has 1 N–H and O–H groups in total. The first-order valence-electron chi connectivity index (χ1n) is 7.85. The van der Waals surface area contributed by atoms with Gasteiger partial charge in [-0.2, -0.15) is 0 Å². The molecule has 118 valence electrons. The monoisotopic (exact) mass is 292 g/mol. The number of nitrogens with zero attached hydrogens (tertiary/aromatic N) is 1. The van der Waals surface area contributed by atoms with Crippen LogP contribution in [0.1, 0.15) is 18.9 Å². The van der Waals surface area contributed by atoms with Gasteiger partial charge in [0.05, 0.1) is 13.7 Å². The molecule has 4 nitrogen and oxygen atoms in total. The Morgan fingerprint density at radius 1 is 1.48 bits per heavy atom. The SMILES string of the molecule is CCNC(CN(C)Cc1cccc(OC)c1)C1CCOC1. The predicted octanol–water partition coefficient (Wildman–Crippen LogP) is 2.14. The fraction of sp³-hybridized carbons (Fsp3) is 0.647. The summed E-state index contributed by atoms with van der Waals surface area (Å²) in [5.41, 5.74) is 1.29. The Hall–Kier alpha value is -1.10. The molecule has 2 atom stereocenters. The van der Waals surface area contributed by atoms with Crippen molar-refractivity contribution in [1.82, 2.24) is 10.2 Å². The lowest BCUT2D eigenvalue weighted by Gasteiger charge is -2.28. The van der Waals surface area contributed by atoms with Crippen LogP contribution in [0.15, 0.2) is 24.3 Å². The highest BCUT2D eigenvalue weighted by Gasteiger charge is 2.25. The van der Waals surface area contributed by atoms with Crippen LogP contribution in [-0.2, 0) is 11.3 Å². The maximum absolute atomic E-state index is 5.54. The van der Waals surface area contributed by atoms with Crippen molar-refractivity contribution in [2.75, 3.05) is 40.5 Å². The largest absolute Gasteiger partial charge is 0.497 e. The summed E-state index contributed by atoms with van der Waals surface area (Å²) in [5.74, 6) is 1.56. The molecule has 2 rings (SSSR count). The third-order valence-corrected chi connectivity index (χ3v) is 4.10. The topological polar surface area (TPSA) is 33.7 Å². The number of hydrogen-bond acceptors (Lipinski definition) is 4. The number of ether oxygens (including phenoxy) is 2. The minimum atomic E-state index is 0.508. The average Bonchev–Trinajstić information content (AvgIpc) is 3.01. The second-order valence-electron chi connectivity index (χ2n) is 5.84. The molecule has 1 fully saturated rings. The van der Waals surface area contributed by atoms with E-state index in [1.54, 1.807) is 7.11 Å². The zero-order valence-electron chi connectivity index (χ0n) is 13.5. The molecule has 0 bridgehead atoms. The van der Waals surface area contributed by atoms with Gasteiger partial charge in [0, 0.05) is 31.7 Å². The molecule has 1 aliphatic rings. The van der Waals surface area contributed by atoms with Gasteiger partial charge in [-0.15, -0.1) is 0 Å². The van der Waals surface area contributed by atoms with E-state index in [0.29, 0.717) is 12.0 Å². The van der Waals surface area contributed by atoms with Gasteiger partial charge in [-0.3, -0.25) is 0 Å². The van der Waals surface area contributed by atoms with E-state index in [1.165, 1.54) is 12.0 Å². The van der Waals surface area contributed by atoms with Gasteiger partial charge < -0.3 is 19.7 Å². The minimum absolute atomic E-state index is 0.508. The number of methoxy groups -OCH3 is 1. The van der Waals surface area contributed by atoms with Crippen molar-refractivity contribution < 1.29 is 9.47 Å². The smallest absolute Gasteiger partial charge is 0.119 e. The van der Waals surface area contributed by atoms with E-state index in [0.717, 1.165) is 38.6 Å². The third-order valence-electron chi connectivity index (χ3n) is 4.10. The Labute approximate surface area is 128 Å². The van der Waals surface area contributed by atoms with Crippen LogP contribution >= 0.6 is 0 Å². The van der Waals surface area contributed by atoms with E-state index in [-0.39, 0.29) is 0 Å². The second-order valence-corrected chi connectivity index (χ2v) is 5.84. The van der Waals surface area contributed by atoms with Gasteiger partial charge in [-0.25, -0.2) is 0 Å². The molecule has 0 aliphatic carbocycles. The fourth-order valence-electron chi connectivity index (χ4n) is 3.00. The van der Waals surface area contributed by atoms with Crippen molar-refractivity contribution in [3.8, 4) is 5.75 Å². The molecular weight excluding hydrogens is 264 g/mol. The lowest BCUT2D eigenvalue weighted by molar-refractivity contribution is 0.166. The molecule has 1 aliphatic heterocycles. The van der Waals surface area contributed by atoms with Gasteiger partial charge in [0.2, 0.25) is 0 Å². The summed E-state index contributed by atoms with van der Waals surface area (Å²) in [4.78, 5) is 2.38. The van der Waals surface area contributed by atoms with Crippen LogP contribution in [0, 0.1) is 5.92 Å². The maximum Gasteiger partial charge on any atom is 0.119 e. The van der Waals surface area contributed by atoms with Crippen LogP contribution in [0.2, 0.25) is 0 Å². The number of rotatable bonds is 8. The van der Waals surface area contributed by atoms with E-state index >= 15 is 0 Å². The molecule has 0 saturated carbocycles. The van der Waals surface area contributed by atoms with Crippen molar-refractivity contribution in [3.63, 3.8) is 0 Å². The van der Waals surface area contributed by atoms with Gasteiger partial charge in [-0.05, 0) is 37.7 Å². The summed E-state index contributed by atoms with van der Waals surface area (Å²) in [5, 5.41) is 3.62. The van der Waals surface area contributed by atoms with Crippen molar-refractivity contribution in [1.29, 1.82) is 0 Å². The predicted molar refractivity (Wildman–Crippen MR) is 85.7 cm³/mol. The highest BCUT2D eigenvalue weighted by Crippen LogP contribution is 2.19. The molecular formula is C17H28N2O2. The Balaban J connectivity index is 1.89. The fourth-order valence-corrected chi connectivity index (χ4v) is 3.00. The first-order chi connectivity index (χ1) is 10.2. The highest BCUT2D eigenvalue weighted by atomic mass is 16.5. The third kappa shape index (κ3) is 4.99. The molecule has 0 aromatic heterocycles. The van der Waals surface area contributed by atoms with Gasteiger partial charge in [-0.1, -0.05) is 19.1 Å². The van der Waals surface area contributed by atoms with Crippen LogP contribution in [0.3, 0.4) is 0 Å².